The number of hydrogen-bond acceptors (Lipinski definition) is 3. The summed E-state index contributed by atoms with van der Waals surface area (Å²) < 4.78 is 32.8. The Morgan fingerprint density at radius 3 is 2.59 bits per heavy atom. The molecule has 0 bridgehead atoms. The van der Waals surface area contributed by atoms with Crippen molar-refractivity contribution >= 4 is 15.9 Å². The van der Waals surface area contributed by atoms with Crippen LogP contribution in [0.1, 0.15) is 5.69 Å². The van der Waals surface area contributed by atoms with Crippen LogP contribution < -0.4 is 5.32 Å². The maximum Gasteiger partial charge on any atom is 0.181 e. The van der Waals surface area contributed by atoms with Crippen LogP contribution in [0.4, 0.5) is 8.78 Å². The molecule has 0 spiro atoms. The maximum absolute atomic E-state index is 13.7. The van der Waals surface area contributed by atoms with Gasteiger partial charge >= 0.3 is 0 Å². The van der Waals surface area contributed by atoms with Gasteiger partial charge in [-0.25, -0.2) is 13.8 Å². The molecule has 0 unspecified atom stereocenters. The van der Waals surface area contributed by atoms with E-state index in [4.69, 9.17) is 4.42 Å². The van der Waals surface area contributed by atoms with Gasteiger partial charge in [-0.3, -0.25) is 0 Å². The Morgan fingerprint density at radius 2 is 2.00 bits per heavy atom. The number of nitrogens with zero attached hydrogens (tertiary/aromatic N) is 1. The number of rotatable bonds is 3. The summed E-state index contributed by atoms with van der Waals surface area (Å²) in [5.41, 5.74) is 0.267. The molecule has 0 saturated carbocycles. The van der Waals surface area contributed by atoms with Crippen LogP contribution >= 0.6 is 15.9 Å². The largest absolute Gasteiger partial charge is 0.443 e. The van der Waals surface area contributed by atoms with Crippen LogP contribution in [0, 0.1) is 11.6 Å². The van der Waals surface area contributed by atoms with E-state index in [1.807, 2.05) is 0 Å². The highest BCUT2D eigenvalue weighted by Crippen LogP contribution is 2.30. The molecule has 0 aliphatic heterocycles. The Bertz CT molecular complexity index is 519. The SMILES string of the molecule is CNCc1ncoc1-c1c(F)cc(Br)cc1F. The first-order chi connectivity index (χ1) is 8.13. The molecule has 1 heterocycles. The van der Waals surface area contributed by atoms with Crippen LogP contribution in [0.5, 0.6) is 0 Å². The molecular weight excluding hydrogens is 294 g/mol. The van der Waals surface area contributed by atoms with Gasteiger partial charge < -0.3 is 9.73 Å². The summed E-state index contributed by atoms with van der Waals surface area (Å²) in [5.74, 6) is -1.26. The van der Waals surface area contributed by atoms with Crippen molar-refractivity contribution in [2.24, 2.45) is 0 Å². The number of benzene rings is 1. The van der Waals surface area contributed by atoms with E-state index in [1.54, 1.807) is 7.05 Å². The van der Waals surface area contributed by atoms with Crippen LogP contribution in [0.25, 0.3) is 11.3 Å². The van der Waals surface area contributed by atoms with Crippen molar-refractivity contribution in [2.45, 2.75) is 6.54 Å². The monoisotopic (exact) mass is 302 g/mol. The van der Waals surface area contributed by atoms with Crippen LogP contribution in [-0.4, -0.2) is 12.0 Å². The zero-order chi connectivity index (χ0) is 12.4. The summed E-state index contributed by atoms with van der Waals surface area (Å²) in [6.45, 7) is 0.376. The van der Waals surface area contributed by atoms with Gasteiger partial charge in [0.2, 0.25) is 0 Å². The Labute approximate surface area is 105 Å². The first-order valence-electron chi connectivity index (χ1n) is 4.85. The predicted octanol–water partition coefficient (Wildman–Crippen LogP) is 3.10. The summed E-state index contributed by atoms with van der Waals surface area (Å²) in [6.07, 6.45) is 1.17. The van der Waals surface area contributed by atoms with Gasteiger partial charge in [0.05, 0.1) is 5.56 Å². The van der Waals surface area contributed by atoms with E-state index in [0.717, 1.165) is 0 Å². The highest BCUT2D eigenvalue weighted by molar-refractivity contribution is 9.10. The maximum atomic E-state index is 13.7. The van der Waals surface area contributed by atoms with Crippen molar-refractivity contribution in [1.82, 2.24) is 10.3 Å². The lowest BCUT2D eigenvalue weighted by Gasteiger charge is -2.04. The second-order valence-corrected chi connectivity index (χ2v) is 4.32. The van der Waals surface area contributed by atoms with E-state index in [-0.39, 0.29) is 11.3 Å². The van der Waals surface area contributed by atoms with Gasteiger partial charge in [0.15, 0.2) is 12.2 Å². The van der Waals surface area contributed by atoms with Crippen LogP contribution in [0.3, 0.4) is 0 Å². The van der Waals surface area contributed by atoms with E-state index in [1.165, 1.54) is 18.5 Å². The minimum Gasteiger partial charge on any atom is -0.443 e. The number of hydrogen-bond donors (Lipinski definition) is 1. The Morgan fingerprint density at radius 1 is 1.35 bits per heavy atom. The fourth-order valence-corrected chi connectivity index (χ4v) is 1.93. The van der Waals surface area contributed by atoms with Gasteiger partial charge in [-0.15, -0.1) is 0 Å². The molecule has 3 nitrogen and oxygen atoms in total. The molecule has 0 atom stereocenters. The minimum absolute atomic E-state index is 0.113. The molecule has 90 valence electrons. The quantitative estimate of drug-likeness (QED) is 0.947. The molecule has 0 radical (unpaired) electrons. The van der Waals surface area contributed by atoms with Crippen LogP contribution in [0.15, 0.2) is 27.4 Å². The third-order valence-corrected chi connectivity index (χ3v) is 2.68. The van der Waals surface area contributed by atoms with E-state index in [0.29, 0.717) is 16.7 Å². The van der Waals surface area contributed by atoms with Crippen molar-refractivity contribution in [3.63, 3.8) is 0 Å². The number of aromatic nitrogens is 1. The van der Waals surface area contributed by atoms with E-state index in [2.05, 4.69) is 26.2 Å². The Hall–Kier alpha value is -1.27. The van der Waals surface area contributed by atoms with Gasteiger partial charge in [0.25, 0.3) is 0 Å². The molecule has 0 aliphatic carbocycles. The van der Waals surface area contributed by atoms with Crippen molar-refractivity contribution in [2.75, 3.05) is 7.05 Å². The fraction of sp³-hybridized carbons (Fsp3) is 0.182. The molecule has 0 fully saturated rings. The van der Waals surface area contributed by atoms with Gasteiger partial charge in [0, 0.05) is 11.0 Å². The number of halogens is 3. The van der Waals surface area contributed by atoms with Crippen molar-refractivity contribution in [3.05, 3.63) is 40.3 Å². The second kappa shape index (κ2) is 4.93. The fourth-order valence-electron chi connectivity index (χ4n) is 1.53. The predicted molar refractivity (Wildman–Crippen MR) is 62.3 cm³/mol. The topological polar surface area (TPSA) is 38.1 Å². The standard InChI is InChI=1S/C11H9BrF2N2O/c1-15-4-9-11(17-5-16-9)10-7(13)2-6(12)3-8(10)14/h2-3,5,15H,4H2,1H3. The smallest absolute Gasteiger partial charge is 0.181 e. The average molecular weight is 303 g/mol. The van der Waals surface area contributed by atoms with Crippen molar-refractivity contribution in [3.8, 4) is 11.3 Å². The molecule has 0 amide bonds. The van der Waals surface area contributed by atoms with Gasteiger partial charge in [0.1, 0.15) is 17.3 Å². The first-order valence-corrected chi connectivity index (χ1v) is 5.64. The summed E-state index contributed by atoms with van der Waals surface area (Å²) in [6, 6.07) is 2.37. The summed E-state index contributed by atoms with van der Waals surface area (Å²) in [4.78, 5) is 3.91. The summed E-state index contributed by atoms with van der Waals surface area (Å²) in [5, 5.41) is 2.85. The third kappa shape index (κ3) is 2.37. The number of nitrogens with one attached hydrogen (secondary N) is 1. The average Bonchev–Trinajstić information content (AvgIpc) is 2.65. The number of oxazole rings is 1. The second-order valence-electron chi connectivity index (χ2n) is 3.40. The van der Waals surface area contributed by atoms with E-state index >= 15 is 0 Å². The minimum atomic E-state index is -0.689. The highest BCUT2D eigenvalue weighted by atomic mass is 79.9. The molecule has 2 rings (SSSR count). The molecule has 6 heteroatoms. The Balaban J connectivity index is 2.56. The lowest BCUT2D eigenvalue weighted by Crippen LogP contribution is -2.07. The molecular formula is C11H9BrF2N2O. The lowest BCUT2D eigenvalue weighted by molar-refractivity contribution is 0.541. The van der Waals surface area contributed by atoms with Crippen LogP contribution in [-0.2, 0) is 6.54 Å². The lowest BCUT2D eigenvalue weighted by atomic mass is 10.1. The molecule has 1 aromatic carbocycles. The molecule has 1 N–H and O–H groups in total. The molecule has 0 saturated heterocycles. The van der Waals surface area contributed by atoms with Gasteiger partial charge in [-0.05, 0) is 19.2 Å². The Kier molecular flexibility index (Phi) is 3.54. The zero-order valence-corrected chi connectivity index (χ0v) is 10.5. The molecule has 17 heavy (non-hydrogen) atoms. The van der Waals surface area contributed by atoms with Gasteiger partial charge in [-0.1, -0.05) is 15.9 Å². The third-order valence-electron chi connectivity index (χ3n) is 2.22. The highest BCUT2D eigenvalue weighted by Gasteiger charge is 2.19. The van der Waals surface area contributed by atoms with E-state index in [9.17, 15) is 8.78 Å². The first kappa shape index (κ1) is 12.2. The van der Waals surface area contributed by atoms with Gasteiger partial charge in [-0.2, -0.15) is 0 Å². The van der Waals surface area contributed by atoms with Crippen molar-refractivity contribution < 1.29 is 13.2 Å². The van der Waals surface area contributed by atoms with Crippen LogP contribution in [0.2, 0.25) is 0 Å². The van der Waals surface area contributed by atoms with E-state index < -0.39 is 11.6 Å². The molecule has 1 aromatic heterocycles. The zero-order valence-electron chi connectivity index (χ0n) is 8.93. The molecule has 2 aromatic rings. The summed E-state index contributed by atoms with van der Waals surface area (Å²) in [7, 11) is 1.72. The normalized spacial score (nSPS) is 10.8. The molecule has 0 aliphatic rings. The van der Waals surface area contributed by atoms with Crippen molar-refractivity contribution in [1.29, 1.82) is 0 Å². The summed E-state index contributed by atoms with van der Waals surface area (Å²) >= 11 is 3.02.